The Hall–Kier alpha value is -0.320. The van der Waals surface area contributed by atoms with Crippen molar-refractivity contribution in [2.24, 2.45) is 5.73 Å². The fraction of sp³-hybridized carbons (Fsp3) is 1.00. The fourth-order valence-electron chi connectivity index (χ4n) is 0.334. The van der Waals surface area contributed by atoms with Gasteiger partial charge >= 0.3 is 6.18 Å². The minimum absolute atomic E-state index is 0.570. The average molecular weight is 145 g/mol. The highest BCUT2D eigenvalue weighted by Crippen LogP contribution is 2.22. The minimum Gasteiger partial charge on any atom is -0.328 e. The summed E-state index contributed by atoms with van der Waals surface area (Å²) in [6.07, 6.45) is -7.83. The third-order valence-corrected chi connectivity index (χ3v) is 0.709. The van der Waals surface area contributed by atoms with Crippen LogP contribution in [0.15, 0.2) is 0 Å². The van der Waals surface area contributed by atoms with Crippen molar-refractivity contribution >= 4 is 0 Å². The summed E-state index contributed by atoms with van der Waals surface area (Å²) in [5.41, 5.74) is 4.60. The van der Waals surface area contributed by atoms with Gasteiger partial charge in [-0.25, -0.2) is 4.39 Å². The molecule has 1 nitrogen and oxygen atoms in total. The highest BCUT2D eigenvalue weighted by molar-refractivity contribution is 4.61. The standard InChI is InChI=1S/C4H7F4N/c5-3(2-9)1-4(6,7)8/h3H,1-2,9H2. The maximum atomic E-state index is 11.8. The van der Waals surface area contributed by atoms with Gasteiger partial charge in [0.2, 0.25) is 0 Å². The van der Waals surface area contributed by atoms with Crippen molar-refractivity contribution in [3.63, 3.8) is 0 Å². The topological polar surface area (TPSA) is 26.0 Å². The molecule has 0 bridgehead atoms. The molecule has 2 N–H and O–H groups in total. The number of hydrogen-bond donors (Lipinski definition) is 1. The van der Waals surface area contributed by atoms with Crippen LogP contribution in [0.25, 0.3) is 0 Å². The number of hydrogen-bond acceptors (Lipinski definition) is 1. The summed E-state index contributed by atoms with van der Waals surface area (Å²) in [6, 6.07) is 0. The third-order valence-electron chi connectivity index (χ3n) is 0.709. The highest BCUT2D eigenvalue weighted by Gasteiger charge is 2.31. The summed E-state index contributed by atoms with van der Waals surface area (Å²) >= 11 is 0. The summed E-state index contributed by atoms with van der Waals surface area (Å²) in [5, 5.41) is 0. The molecule has 0 saturated carbocycles. The molecule has 0 aliphatic carbocycles. The van der Waals surface area contributed by atoms with E-state index in [1.807, 2.05) is 0 Å². The molecule has 0 fully saturated rings. The average Bonchev–Trinajstić information content (AvgIpc) is 1.62. The zero-order valence-corrected chi connectivity index (χ0v) is 4.58. The van der Waals surface area contributed by atoms with E-state index < -0.39 is 25.3 Å². The van der Waals surface area contributed by atoms with Crippen molar-refractivity contribution in [2.75, 3.05) is 6.54 Å². The van der Waals surface area contributed by atoms with Gasteiger partial charge in [0, 0.05) is 6.54 Å². The Kier molecular flexibility index (Phi) is 2.90. The molecule has 0 heterocycles. The predicted octanol–water partition coefficient (Wildman–Crippen LogP) is 1.24. The first kappa shape index (κ1) is 8.68. The first-order valence-corrected chi connectivity index (χ1v) is 2.36. The Balaban J connectivity index is 3.47. The molecular weight excluding hydrogens is 138 g/mol. The smallest absolute Gasteiger partial charge is 0.328 e. The minimum atomic E-state index is -4.43. The van der Waals surface area contributed by atoms with Crippen molar-refractivity contribution in [3.05, 3.63) is 0 Å². The van der Waals surface area contributed by atoms with E-state index in [4.69, 9.17) is 0 Å². The van der Waals surface area contributed by atoms with Gasteiger partial charge in [0.15, 0.2) is 0 Å². The second kappa shape index (κ2) is 3.00. The van der Waals surface area contributed by atoms with Gasteiger partial charge in [-0.1, -0.05) is 0 Å². The second-order valence-electron chi connectivity index (χ2n) is 1.65. The lowest BCUT2D eigenvalue weighted by Crippen LogP contribution is -2.22. The van der Waals surface area contributed by atoms with Gasteiger partial charge in [-0.05, 0) is 0 Å². The van der Waals surface area contributed by atoms with Crippen LogP contribution in [0.5, 0.6) is 0 Å². The lowest BCUT2D eigenvalue weighted by atomic mass is 10.3. The Morgan fingerprint density at radius 3 is 1.89 bits per heavy atom. The predicted molar refractivity (Wildman–Crippen MR) is 24.6 cm³/mol. The molecule has 56 valence electrons. The van der Waals surface area contributed by atoms with Crippen LogP contribution in [-0.4, -0.2) is 18.9 Å². The maximum absolute atomic E-state index is 11.8. The van der Waals surface area contributed by atoms with Crippen molar-refractivity contribution in [2.45, 2.75) is 18.8 Å². The summed E-state index contributed by atoms with van der Waals surface area (Å²) in [6.45, 7) is -0.570. The van der Waals surface area contributed by atoms with Crippen LogP contribution >= 0.6 is 0 Å². The monoisotopic (exact) mass is 145 g/mol. The molecule has 0 radical (unpaired) electrons. The largest absolute Gasteiger partial charge is 0.391 e. The summed E-state index contributed by atoms with van der Waals surface area (Å²) < 4.78 is 45.4. The SMILES string of the molecule is NCC(F)CC(F)(F)F. The Morgan fingerprint density at radius 1 is 1.33 bits per heavy atom. The van der Waals surface area contributed by atoms with E-state index in [1.165, 1.54) is 0 Å². The van der Waals surface area contributed by atoms with Crippen molar-refractivity contribution in [1.29, 1.82) is 0 Å². The molecule has 5 heteroatoms. The van der Waals surface area contributed by atoms with Crippen molar-refractivity contribution in [3.8, 4) is 0 Å². The van der Waals surface area contributed by atoms with Crippen LogP contribution in [0.4, 0.5) is 17.6 Å². The Labute approximate surface area is 49.8 Å². The zero-order chi connectivity index (χ0) is 7.49. The number of rotatable bonds is 2. The molecule has 1 unspecified atom stereocenters. The van der Waals surface area contributed by atoms with E-state index in [2.05, 4.69) is 5.73 Å². The van der Waals surface area contributed by atoms with Crippen LogP contribution in [0.3, 0.4) is 0 Å². The zero-order valence-electron chi connectivity index (χ0n) is 4.58. The molecule has 0 aliphatic heterocycles. The van der Waals surface area contributed by atoms with Gasteiger partial charge < -0.3 is 5.73 Å². The van der Waals surface area contributed by atoms with Gasteiger partial charge in [0.1, 0.15) is 6.17 Å². The lowest BCUT2D eigenvalue weighted by molar-refractivity contribution is -0.145. The molecule has 0 aromatic heterocycles. The molecule has 0 aromatic carbocycles. The van der Waals surface area contributed by atoms with Crippen LogP contribution in [0.1, 0.15) is 6.42 Å². The molecule has 1 atom stereocenters. The van der Waals surface area contributed by atoms with Crippen molar-refractivity contribution in [1.82, 2.24) is 0 Å². The maximum Gasteiger partial charge on any atom is 0.391 e. The van der Waals surface area contributed by atoms with E-state index in [1.54, 1.807) is 0 Å². The normalized spacial score (nSPS) is 15.7. The van der Waals surface area contributed by atoms with E-state index >= 15 is 0 Å². The second-order valence-corrected chi connectivity index (χ2v) is 1.65. The number of halogens is 4. The van der Waals surface area contributed by atoms with Crippen LogP contribution in [0, 0.1) is 0 Å². The van der Waals surface area contributed by atoms with E-state index in [-0.39, 0.29) is 0 Å². The Morgan fingerprint density at radius 2 is 1.78 bits per heavy atom. The van der Waals surface area contributed by atoms with E-state index in [0.717, 1.165) is 0 Å². The molecule has 9 heavy (non-hydrogen) atoms. The quantitative estimate of drug-likeness (QED) is 0.581. The van der Waals surface area contributed by atoms with Gasteiger partial charge in [-0.15, -0.1) is 0 Å². The third kappa shape index (κ3) is 5.55. The molecule has 0 spiro atoms. The van der Waals surface area contributed by atoms with E-state index in [0.29, 0.717) is 0 Å². The first-order chi connectivity index (χ1) is 3.95. The van der Waals surface area contributed by atoms with Crippen LogP contribution in [-0.2, 0) is 0 Å². The molecule has 0 saturated heterocycles. The fourth-order valence-corrected chi connectivity index (χ4v) is 0.334. The van der Waals surface area contributed by atoms with Gasteiger partial charge in [0.05, 0.1) is 6.42 Å². The molecule has 0 aliphatic rings. The summed E-state index contributed by atoms with van der Waals surface area (Å²) in [4.78, 5) is 0. The van der Waals surface area contributed by atoms with Crippen LogP contribution in [0.2, 0.25) is 0 Å². The van der Waals surface area contributed by atoms with Crippen molar-refractivity contribution < 1.29 is 17.6 Å². The molecule has 0 rings (SSSR count). The van der Waals surface area contributed by atoms with Crippen LogP contribution < -0.4 is 5.73 Å². The summed E-state index contributed by atoms with van der Waals surface area (Å²) in [5.74, 6) is 0. The molecular formula is C4H7F4N. The lowest BCUT2D eigenvalue weighted by Gasteiger charge is -2.07. The summed E-state index contributed by atoms with van der Waals surface area (Å²) in [7, 11) is 0. The number of alkyl halides is 4. The highest BCUT2D eigenvalue weighted by atomic mass is 19.4. The molecule has 0 amide bonds. The Bertz CT molecular complexity index is 79.1. The number of nitrogens with two attached hydrogens (primary N) is 1. The van der Waals surface area contributed by atoms with Gasteiger partial charge in [-0.2, -0.15) is 13.2 Å². The van der Waals surface area contributed by atoms with E-state index in [9.17, 15) is 17.6 Å². The van der Waals surface area contributed by atoms with Gasteiger partial charge in [0.25, 0.3) is 0 Å². The van der Waals surface area contributed by atoms with Gasteiger partial charge in [-0.3, -0.25) is 0 Å². The first-order valence-electron chi connectivity index (χ1n) is 2.36. The molecule has 0 aromatic rings.